The van der Waals surface area contributed by atoms with E-state index in [0.717, 1.165) is 28.4 Å². The molecule has 0 unspecified atom stereocenters. The number of para-hydroxylation sites is 1. The number of hydrogen-bond acceptors (Lipinski definition) is 3. The number of ether oxygens (including phenoxy) is 1. The van der Waals surface area contributed by atoms with Crippen molar-refractivity contribution < 1.29 is 4.74 Å². The van der Waals surface area contributed by atoms with Crippen LogP contribution in [0.25, 0.3) is 11.3 Å². The summed E-state index contributed by atoms with van der Waals surface area (Å²) in [5.74, 6) is 2.06. The van der Waals surface area contributed by atoms with E-state index in [1.54, 1.807) is 0 Å². The van der Waals surface area contributed by atoms with Crippen molar-refractivity contribution in [1.29, 1.82) is 0 Å². The molecule has 0 spiro atoms. The van der Waals surface area contributed by atoms with Crippen LogP contribution in [0.5, 0.6) is 5.75 Å². The summed E-state index contributed by atoms with van der Waals surface area (Å²) < 4.78 is 6.57. The van der Waals surface area contributed by atoms with Crippen molar-refractivity contribution >= 4 is 12.2 Å². The lowest BCUT2D eigenvalue weighted by Crippen LogP contribution is -2.08. The Morgan fingerprint density at radius 2 is 1.81 bits per heavy atom. The topological polar surface area (TPSA) is 37.9 Å². The molecule has 3 nitrogen and oxygen atoms in total. The Labute approximate surface area is 131 Å². The van der Waals surface area contributed by atoms with Gasteiger partial charge in [0.15, 0.2) is 0 Å². The van der Waals surface area contributed by atoms with Crippen molar-refractivity contribution in [3.63, 3.8) is 0 Å². The van der Waals surface area contributed by atoms with Crippen molar-refractivity contribution in [2.24, 2.45) is 0 Å². The minimum Gasteiger partial charge on any atom is -0.490 e. The van der Waals surface area contributed by atoms with Gasteiger partial charge in [-0.15, -0.1) is 0 Å². The van der Waals surface area contributed by atoms with E-state index in [4.69, 9.17) is 17.0 Å². The smallest absolute Gasteiger partial charge is 0.133 e. The SMILES string of the molecule is Cc1c(-c2ccccc2OC(C)C)[nH]c(C(C)C)nc1=S. The Hall–Kier alpha value is -1.68. The lowest BCUT2D eigenvalue weighted by atomic mass is 10.1. The lowest BCUT2D eigenvalue weighted by Gasteiger charge is -2.17. The summed E-state index contributed by atoms with van der Waals surface area (Å²) in [6.07, 6.45) is 0.126. The average Bonchev–Trinajstić information content (AvgIpc) is 2.41. The summed E-state index contributed by atoms with van der Waals surface area (Å²) in [5.41, 5.74) is 3.00. The summed E-state index contributed by atoms with van der Waals surface area (Å²) in [5, 5.41) is 0. The second-order valence-corrected chi connectivity index (χ2v) is 6.13. The van der Waals surface area contributed by atoms with Crippen LogP contribution in [0, 0.1) is 11.6 Å². The van der Waals surface area contributed by atoms with Gasteiger partial charge in [-0.1, -0.05) is 38.2 Å². The zero-order valence-corrected chi connectivity index (χ0v) is 14.0. The van der Waals surface area contributed by atoms with Gasteiger partial charge in [0.05, 0.1) is 11.8 Å². The van der Waals surface area contributed by atoms with Crippen molar-refractivity contribution in [3.05, 3.63) is 40.3 Å². The minimum atomic E-state index is 0.126. The zero-order valence-electron chi connectivity index (χ0n) is 13.2. The number of rotatable bonds is 4. The molecule has 0 radical (unpaired) electrons. The first-order chi connectivity index (χ1) is 9.90. The molecular weight excluding hydrogens is 280 g/mol. The molecule has 1 aromatic carbocycles. The molecule has 0 atom stereocenters. The molecule has 21 heavy (non-hydrogen) atoms. The maximum Gasteiger partial charge on any atom is 0.133 e. The van der Waals surface area contributed by atoms with Crippen LogP contribution in [-0.4, -0.2) is 16.1 Å². The Morgan fingerprint density at radius 3 is 2.43 bits per heavy atom. The predicted molar refractivity (Wildman–Crippen MR) is 89.4 cm³/mol. The number of nitrogens with zero attached hydrogens (tertiary/aromatic N) is 1. The first-order valence-electron chi connectivity index (χ1n) is 7.27. The summed E-state index contributed by atoms with van der Waals surface area (Å²) in [7, 11) is 0. The third kappa shape index (κ3) is 3.50. The molecule has 0 aliphatic rings. The largest absolute Gasteiger partial charge is 0.490 e. The van der Waals surface area contributed by atoms with E-state index in [-0.39, 0.29) is 6.10 Å². The van der Waals surface area contributed by atoms with Gasteiger partial charge in [-0.3, -0.25) is 0 Å². The molecule has 0 saturated carbocycles. The molecule has 112 valence electrons. The van der Waals surface area contributed by atoms with Gasteiger partial charge in [0, 0.05) is 17.0 Å². The van der Waals surface area contributed by atoms with Crippen molar-refractivity contribution in [2.45, 2.75) is 46.6 Å². The van der Waals surface area contributed by atoms with E-state index in [1.165, 1.54) is 0 Å². The number of hydrogen-bond donors (Lipinski definition) is 1. The van der Waals surface area contributed by atoms with Crippen LogP contribution in [0.4, 0.5) is 0 Å². The van der Waals surface area contributed by atoms with Gasteiger partial charge in [-0.05, 0) is 32.9 Å². The number of nitrogens with one attached hydrogen (secondary N) is 1. The molecule has 0 aliphatic heterocycles. The quantitative estimate of drug-likeness (QED) is 0.805. The third-order valence-electron chi connectivity index (χ3n) is 3.24. The second-order valence-electron chi connectivity index (χ2n) is 5.74. The molecular formula is C17H22N2OS. The highest BCUT2D eigenvalue weighted by atomic mass is 32.1. The fourth-order valence-corrected chi connectivity index (χ4v) is 2.32. The highest BCUT2D eigenvalue weighted by Gasteiger charge is 2.14. The van der Waals surface area contributed by atoms with Crippen molar-refractivity contribution in [2.75, 3.05) is 0 Å². The Bertz CT molecular complexity index is 689. The molecule has 2 aromatic rings. The van der Waals surface area contributed by atoms with Gasteiger partial charge >= 0.3 is 0 Å². The zero-order chi connectivity index (χ0) is 15.6. The standard InChI is InChI=1S/C17H22N2OS/c1-10(2)16-18-15(12(5)17(21)19-16)13-8-6-7-9-14(13)20-11(3)4/h6-11H,1-5H3,(H,18,19,21). The number of H-pyrrole nitrogens is 1. The first kappa shape index (κ1) is 15.7. The number of aromatic nitrogens is 2. The molecule has 1 N–H and O–H groups in total. The maximum atomic E-state index is 5.92. The molecule has 0 saturated heterocycles. The normalized spacial score (nSPS) is 11.2. The summed E-state index contributed by atoms with van der Waals surface area (Å²) in [6, 6.07) is 8.03. The van der Waals surface area contributed by atoms with Gasteiger partial charge in [0.25, 0.3) is 0 Å². The van der Waals surface area contributed by atoms with Crippen molar-refractivity contribution in [3.8, 4) is 17.0 Å². The van der Waals surface area contributed by atoms with Gasteiger partial charge in [-0.2, -0.15) is 0 Å². The van der Waals surface area contributed by atoms with E-state index in [9.17, 15) is 0 Å². The summed E-state index contributed by atoms with van der Waals surface area (Å²) >= 11 is 5.41. The summed E-state index contributed by atoms with van der Waals surface area (Å²) in [4.78, 5) is 7.89. The van der Waals surface area contributed by atoms with Gasteiger partial charge in [-0.25, -0.2) is 4.98 Å². The summed E-state index contributed by atoms with van der Waals surface area (Å²) in [6.45, 7) is 10.2. The predicted octanol–water partition coefficient (Wildman–Crippen LogP) is 5.03. The van der Waals surface area contributed by atoms with Crippen LogP contribution < -0.4 is 4.74 Å². The highest BCUT2D eigenvalue weighted by Crippen LogP contribution is 2.32. The Morgan fingerprint density at radius 1 is 1.14 bits per heavy atom. The Kier molecular flexibility index (Phi) is 4.78. The molecule has 0 fully saturated rings. The number of benzene rings is 1. The van der Waals surface area contributed by atoms with E-state index >= 15 is 0 Å². The molecule has 1 heterocycles. The molecule has 4 heteroatoms. The molecule has 0 amide bonds. The molecule has 0 bridgehead atoms. The Balaban J connectivity index is 2.64. The van der Waals surface area contributed by atoms with Gasteiger partial charge in [0.1, 0.15) is 16.2 Å². The van der Waals surface area contributed by atoms with Crippen LogP contribution in [0.15, 0.2) is 24.3 Å². The van der Waals surface area contributed by atoms with Crippen LogP contribution in [-0.2, 0) is 0 Å². The maximum absolute atomic E-state index is 5.92. The van der Waals surface area contributed by atoms with Gasteiger partial charge in [0.2, 0.25) is 0 Å². The van der Waals surface area contributed by atoms with E-state index < -0.39 is 0 Å². The first-order valence-corrected chi connectivity index (χ1v) is 7.67. The van der Waals surface area contributed by atoms with Crippen LogP contribution in [0.1, 0.15) is 45.0 Å². The number of aromatic amines is 1. The average molecular weight is 302 g/mol. The van der Waals surface area contributed by atoms with Crippen LogP contribution >= 0.6 is 12.2 Å². The van der Waals surface area contributed by atoms with Crippen molar-refractivity contribution in [1.82, 2.24) is 9.97 Å². The van der Waals surface area contributed by atoms with Crippen LogP contribution in [0.3, 0.4) is 0 Å². The molecule has 2 rings (SSSR count). The fraction of sp³-hybridized carbons (Fsp3) is 0.412. The fourth-order valence-electron chi connectivity index (χ4n) is 2.12. The van der Waals surface area contributed by atoms with E-state index in [1.807, 2.05) is 39.0 Å². The monoisotopic (exact) mass is 302 g/mol. The molecule has 0 aliphatic carbocycles. The molecule has 1 aromatic heterocycles. The van der Waals surface area contributed by atoms with Gasteiger partial charge < -0.3 is 9.72 Å². The second kappa shape index (κ2) is 6.39. The van der Waals surface area contributed by atoms with E-state index in [2.05, 4.69) is 29.9 Å². The lowest BCUT2D eigenvalue weighted by molar-refractivity contribution is 0.243. The minimum absolute atomic E-state index is 0.126. The highest BCUT2D eigenvalue weighted by molar-refractivity contribution is 7.71. The third-order valence-corrected chi connectivity index (χ3v) is 3.63. The van der Waals surface area contributed by atoms with E-state index in [0.29, 0.717) is 10.6 Å². The van der Waals surface area contributed by atoms with Crippen LogP contribution in [0.2, 0.25) is 0 Å².